The Morgan fingerprint density at radius 1 is 0.618 bits per heavy atom. The van der Waals surface area contributed by atoms with E-state index in [1.54, 1.807) is 12.1 Å². The Bertz CT molecular complexity index is 1040. The van der Waals surface area contributed by atoms with Crippen LogP contribution < -0.4 is 4.74 Å². The van der Waals surface area contributed by atoms with Crippen LogP contribution in [0.15, 0.2) is 54.6 Å². The van der Waals surface area contributed by atoms with Crippen LogP contribution in [0.25, 0.3) is 22.3 Å². The number of benzene rings is 3. The van der Waals surface area contributed by atoms with Gasteiger partial charge in [0.15, 0.2) is 11.6 Å². The molecule has 0 amide bonds. The molecule has 4 heteroatoms. The predicted molar refractivity (Wildman–Crippen MR) is 135 cm³/mol. The van der Waals surface area contributed by atoms with Crippen molar-refractivity contribution >= 4 is 0 Å². The van der Waals surface area contributed by atoms with Crippen LogP contribution in [-0.4, -0.2) is 6.61 Å². The molecule has 0 aliphatic carbocycles. The van der Waals surface area contributed by atoms with Gasteiger partial charge in [0.25, 0.3) is 0 Å². The lowest BCUT2D eigenvalue weighted by Crippen LogP contribution is -2.02. The molecule has 0 fully saturated rings. The zero-order valence-corrected chi connectivity index (χ0v) is 20.3. The Balaban J connectivity index is 1.70. The van der Waals surface area contributed by atoms with Crippen molar-refractivity contribution in [2.45, 2.75) is 71.6 Å². The van der Waals surface area contributed by atoms with Crippen LogP contribution in [0, 0.1) is 17.5 Å². The third-order valence-corrected chi connectivity index (χ3v) is 6.17. The van der Waals surface area contributed by atoms with Crippen molar-refractivity contribution in [1.82, 2.24) is 0 Å². The van der Waals surface area contributed by atoms with Gasteiger partial charge >= 0.3 is 0 Å². The monoisotopic (exact) mass is 468 g/mol. The standard InChI is InChI=1S/C30H35F3O/c1-3-5-7-9-11-22-12-14-23(15-13-22)25-17-16-24(21-27(25)31)26-18-19-28(30(33)29(26)32)34-20-10-8-6-4-2/h12-19,21H,3-11,20H2,1-2H3. The Morgan fingerprint density at radius 2 is 1.26 bits per heavy atom. The van der Waals surface area contributed by atoms with Crippen LogP contribution >= 0.6 is 0 Å². The van der Waals surface area contributed by atoms with Crippen molar-refractivity contribution in [3.63, 3.8) is 0 Å². The average molecular weight is 469 g/mol. The van der Waals surface area contributed by atoms with E-state index in [9.17, 15) is 13.2 Å². The Labute approximate surface area is 202 Å². The molecule has 0 saturated heterocycles. The van der Waals surface area contributed by atoms with Crippen molar-refractivity contribution in [2.24, 2.45) is 0 Å². The van der Waals surface area contributed by atoms with Gasteiger partial charge in [-0.1, -0.05) is 88.8 Å². The number of halogens is 3. The van der Waals surface area contributed by atoms with Crippen LogP contribution in [-0.2, 0) is 6.42 Å². The molecule has 1 nitrogen and oxygen atoms in total. The van der Waals surface area contributed by atoms with Crippen molar-refractivity contribution in [3.05, 3.63) is 77.6 Å². The summed E-state index contributed by atoms with van der Waals surface area (Å²) in [4.78, 5) is 0. The van der Waals surface area contributed by atoms with Gasteiger partial charge in [-0.2, -0.15) is 4.39 Å². The van der Waals surface area contributed by atoms with Gasteiger partial charge in [0.05, 0.1) is 6.61 Å². The van der Waals surface area contributed by atoms with Crippen molar-refractivity contribution in [2.75, 3.05) is 6.61 Å². The van der Waals surface area contributed by atoms with E-state index in [0.29, 0.717) is 17.7 Å². The number of hydrogen-bond acceptors (Lipinski definition) is 1. The first-order valence-corrected chi connectivity index (χ1v) is 12.5. The highest BCUT2D eigenvalue weighted by atomic mass is 19.2. The van der Waals surface area contributed by atoms with Crippen molar-refractivity contribution < 1.29 is 17.9 Å². The third kappa shape index (κ3) is 6.88. The van der Waals surface area contributed by atoms with Crippen LogP contribution in [0.3, 0.4) is 0 Å². The first-order chi connectivity index (χ1) is 16.5. The van der Waals surface area contributed by atoms with Gasteiger partial charge in [-0.25, -0.2) is 8.78 Å². The van der Waals surface area contributed by atoms with Crippen molar-refractivity contribution in [1.29, 1.82) is 0 Å². The fraction of sp³-hybridized carbons (Fsp3) is 0.400. The fourth-order valence-electron chi connectivity index (χ4n) is 4.10. The zero-order valence-electron chi connectivity index (χ0n) is 20.3. The molecule has 3 aromatic rings. The van der Waals surface area contributed by atoms with E-state index in [1.165, 1.54) is 43.0 Å². The molecule has 0 bridgehead atoms. The van der Waals surface area contributed by atoms with E-state index in [0.717, 1.165) is 44.1 Å². The van der Waals surface area contributed by atoms with Gasteiger partial charge in [0.2, 0.25) is 5.82 Å². The highest BCUT2D eigenvalue weighted by Crippen LogP contribution is 2.33. The summed E-state index contributed by atoms with van der Waals surface area (Å²) in [7, 11) is 0. The summed E-state index contributed by atoms with van der Waals surface area (Å²) in [5, 5.41) is 0. The molecule has 0 aliphatic heterocycles. The van der Waals surface area contributed by atoms with E-state index in [2.05, 4.69) is 13.8 Å². The van der Waals surface area contributed by atoms with Gasteiger partial charge in [-0.15, -0.1) is 0 Å². The second kappa shape index (κ2) is 13.2. The Morgan fingerprint density at radius 3 is 1.94 bits per heavy atom. The minimum absolute atomic E-state index is 0.0173. The minimum Gasteiger partial charge on any atom is -0.490 e. The lowest BCUT2D eigenvalue weighted by molar-refractivity contribution is 0.285. The molecular weight excluding hydrogens is 433 g/mol. The molecule has 34 heavy (non-hydrogen) atoms. The third-order valence-electron chi connectivity index (χ3n) is 6.17. The molecule has 0 N–H and O–H groups in total. The quantitative estimate of drug-likeness (QED) is 0.227. The summed E-state index contributed by atoms with van der Waals surface area (Å²) in [6.07, 6.45) is 9.82. The minimum atomic E-state index is -1.04. The van der Waals surface area contributed by atoms with Crippen LogP contribution in [0.2, 0.25) is 0 Å². The summed E-state index contributed by atoms with van der Waals surface area (Å²) >= 11 is 0. The topological polar surface area (TPSA) is 9.23 Å². The first kappa shape index (κ1) is 25.9. The van der Waals surface area contributed by atoms with Crippen LogP contribution in [0.1, 0.15) is 70.8 Å². The van der Waals surface area contributed by atoms with E-state index in [1.807, 2.05) is 24.3 Å². The zero-order chi connectivity index (χ0) is 24.3. The lowest BCUT2D eigenvalue weighted by atomic mass is 9.97. The highest BCUT2D eigenvalue weighted by Gasteiger charge is 2.17. The molecule has 3 rings (SSSR count). The van der Waals surface area contributed by atoms with Gasteiger partial charge in [0.1, 0.15) is 5.82 Å². The first-order valence-electron chi connectivity index (χ1n) is 12.5. The van der Waals surface area contributed by atoms with Gasteiger partial charge in [-0.05, 0) is 54.2 Å². The summed E-state index contributed by atoms with van der Waals surface area (Å²) in [6, 6.07) is 15.3. The van der Waals surface area contributed by atoms with E-state index in [-0.39, 0.29) is 11.3 Å². The predicted octanol–water partition coefficient (Wildman–Crippen LogP) is 9.52. The second-order valence-corrected chi connectivity index (χ2v) is 8.85. The maximum atomic E-state index is 14.9. The number of unbranched alkanes of at least 4 members (excludes halogenated alkanes) is 6. The van der Waals surface area contributed by atoms with Crippen molar-refractivity contribution in [3.8, 4) is 28.0 Å². The molecule has 0 unspecified atom stereocenters. The molecule has 0 aliphatic rings. The van der Waals surface area contributed by atoms with Gasteiger partial charge in [-0.3, -0.25) is 0 Å². The molecule has 0 spiro atoms. The average Bonchev–Trinajstić information content (AvgIpc) is 2.85. The Kier molecular flexibility index (Phi) is 10.1. The molecule has 182 valence electrons. The summed E-state index contributed by atoms with van der Waals surface area (Å²) in [5.41, 5.74) is 2.75. The summed E-state index contributed by atoms with van der Waals surface area (Å²) < 4.78 is 49.7. The molecule has 0 saturated carbocycles. The van der Waals surface area contributed by atoms with Gasteiger partial charge in [0, 0.05) is 11.1 Å². The SMILES string of the molecule is CCCCCCOc1ccc(-c2ccc(-c3ccc(CCCCCC)cc3)c(F)c2)c(F)c1F. The highest BCUT2D eigenvalue weighted by molar-refractivity contribution is 5.72. The Hall–Kier alpha value is -2.75. The number of hydrogen-bond donors (Lipinski definition) is 0. The summed E-state index contributed by atoms with van der Waals surface area (Å²) in [6.45, 7) is 4.64. The molecule has 3 aromatic carbocycles. The van der Waals surface area contributed by atoms with Crippen LogP contribution in [0.4, 0.5) is 13.2 Å². The largest absolute Gasteiger partial charge is 0.490 e. The smallest absolute Gasteiger partial charge is 0.201 e. The summed E-state index contributed by atoms with van der Waals surface area (Å²) in [5.74, 6) is -2.63. The van der Waals surface area contributed by atoms with E-state index < -0.39 is 17.5 Å². The molecule has 0 aromatic heterocycles. The molecule has 0 heterocycles. The second-order valence-electron chi connectivity index (χ2n) is 8.85. The number of ether oxygens (including phenoxy) is 1. The molecule has 0 radical (unpaired) electrons. The maximum absolute atomic E-state index is 14.9. The number of aryl methyl sites for hydroxylation is 1. The lowest BCUT2D eigenvalue weighted by Gasteiger charge is -2.12. The number of rotatable bonds is 13. The fourth-order valence-corrected chi connectivity index (χ4v) is 4.10. The molecule has 0 atom stereocenters. The van der Waals surface area contributed by atoms with Crippen LogP contribution in [0.5, 0.6) is 5.75 Å². The molecular formula is C30H35F3O. The van der Waals surface area contributed by atoms with E-state index >= 15 is 0 Å². The van der Waals surface area contributed by atoms with E-state index in [4.69, 9.17) is 4.74 Å². The maximum Gasteiger partial charge on any atom is 0.201 e. The normalized spacial score (nSPS) is 11.1. The van der Waals surface area contributed by atoms with Gasteiger partial charge < -0.3 is 4.74 Å².